The molecule has 0 bridgehead atoms. The van der Waals surface area contributed by atoms with Gasteiger partial charge >= 0.3 is 0 Å². The lowest BCUT2D eigenvalue weighted by Gasteiger charge is -2.31. The van der Waals surface area contributed by atoms with Gasteiger partial charge in [0, 0.05) is 36.3 Å². The summed E-state index contributed by atoms with van der Waals surface area (Å²) in [6.07, 6.45) is 7.89. The molecule has 0 aromatic heterocycles. The molecule has 1 saturated carbocycles. The summed E-state index contributed by atoms with van der Waals surface area (Å²) in [6, 6.07) is 8.71. The minimum absolute atomic E-state index is 0.124. The van der Waals surface area contributed by atoms with Crippen LogP contribution in [0.3, 0.4) is 0 Å². The van der Waals surface area contributed by atoms with Crippen molar-refractivity contribution >= 4 is 5.91 Å². The molecule has 1 aromatic rings. The lowest BCUT2D eigenvalue weighted by Crippen LogP contribution is -2.41. The van der Waals surface area contributed by atoms with Crippen LogP contribution in [0.4, 0.5) is 0 Å². The molecule has 116 valence electrons. The van der Waals surface area contributed by atoms with Gasteiger partial charge in [0.2, 0.25) is 5.91 Å². The number of hydrogen-bond acceptors (Lipinski definition) is 3. The predicted molar refractivity (Wildman–Crippen MR) is 87.6 cm³/mol. The summed E-state index contributed by atoms with van der Waals surface area (Å²) in [6.45, 7) is 5.04. The number of carbonyl (C=O) groups is 1. The van der Waals surface area contributed by atoms with E-state index in [0.29, 0.717) is 12.2 Å². The molecule has 1 heterocycles. The first-order chi connectivity index (χ1) is 10.5. The van der Waals surface area contributed by atoms with Crippen molar-refractivity contribution in [3.05, 3.63) is 59.7 Å². The van der Waals surface area contributed by atoms with E-state index in [2.05, 4.69) is 31.2 Å². The Labute approximate surface area is 131 Å². The Bertz CT molecular complexity index is 622. The lowest BCUT2D eigenvalue weighted by molar-refractivity contribution is -0.130. The maximum atomic E-state index is 12.3. The fraction of sp³-hybridized carbons (Fsp3) is 0.389. The maximum absolute atomic E-state index is 12.3. The van der Waals surface area contributed by atoms with E-state index in [9.17, 15) is 4.79 Å². The molecular weight excluding hydrogens is 274 g/mol. The molecule has 0 atom stereocenters. The molecule has 22 heavy (non-hydrogen) atoms. The Morgan fingerprint density at radius 2 is 1.95 bits per heavy atom. The van der Waals surface area contributed by atoms with E-state index >= 15 is 0 Å². The van der Waals surface area contributed by atoms with Crippen molar-refractivity contribution in [1.29, 1.82) is 0 Å². The summed E-state index contributed by atoms with van der Waals surface area (Å²) in [5, 5.41) is 0. The molecule has 4 heteroatoms. The molecule has 3 rings (SSSR count). The van der Waals surface area contributed by atoms with Crippen LogP contribution < -0.4 is 5.73 Å². The highest BCUT2D eigenvalue weighted by atomic mass is 16.2. The zero-order valence-corrected chi connectivity index (χ0v) is 13.2. The van der Waals surface area contributed by atoms with Crippen LogP contribution >= 0.6 is 0 Å². The van der Waals surface area contributed by atoms with Gasteiger partial charge < -0.3 is 15.5 Å². The summed E-state index contributed by atoms with van der Waals surface area (Å²) < 4.78 is 0. The number of allylic oxidation sites excluding steroid dienone is 1. The molecule has 0 saturated heterocycles. The van der Waals surface area contributed by atoms with Crippen molar-refractivity contribution in [2.24, 2.45) is 5.73 Å². The summed E-state index contributed by atoms with van der Waals surface area (Å²) in [7, 11) is 0. The second-order valence-electron chi connectivity index (χ2n) is 6.51. The van der Waals surface area contributed by atoms with Gasteiger partial charge in [-0.1, -0.05) is 29.8 Å². The maximum Gasteiger partial charge on any atom is 0.246 e. The number of benzene rings is 1. The minimum atomic E-state index is 0.124. The van der Waals surface area contributed by atoms with Gasteiger partial charge in [-0.15, -0.1) is 0 Å². The number of rotatable bonds is 4. The third-order valence-corrected chi connectivity index (χ3v) is 4.44. The molecule has 1 aliphatic carbocycles. The zero-order chi connectivity index (χ0) is 15.7. The van der Waals surface area contributed by atoms with Crippen LogP contribution in [-0.2, 0) is 10.2 Å². The van der Waals surface area contributed by atoms with Crippen LogP contribution in [0, 0.1) is 6.92 Å². The van der Waals surface area contributed by atoms with Crippen molar-refractivity contribution in [2.45, 2.75) is 32.1 Å². The Hall–Kier alpha value is -2.23. The molecule has 2 aliphatic rings. The first-order valence-corrected chi connectivity index (χ1v) is 7.73. The summed E-state index contributed by atoms with van der Waals surface area (Å²) >= 11 is 0. The highest BCUT2D eigenvalue weighted by Gasteiger charge is 2.46. The van der Waals surface area contributed by atoms with Crippen molar-refractivity contribution in [1.82, 2.24) is 9.80 Å². The van der Waals surface area contributed by atoms with Crippen LogP contribution in [0.5, 0.6) is 0 Å². The summed E-state index contributed by atoms with van der Waals surface area (Å²) in [4.78, 5) is 16.0. The van der Waals surface area contributed by atoms with E-state index in [4.69, 9.17) is 5.73 Å². The average molecular weight is 297 g/mol. The van der Waals surface area contributed by atoms with Gasteiger partial charge in [-0.25, -0.2) is 0 Å². The topological polar surface area (TPSA) is 49.6 Å². The van der Waals surface area contributed by atoms with Gasteiger partial charge in [0.15, 0.2) is 0 Å². The van der Waals surface area contributed by atoms with Crippen LogP contribution in [0.15, 0.2) is 48.6 Å². The van der Waals surface area contributed by atoms with Crippen LogP contribution in [0.2, 0.25) is 0 Å². The van der Waals surface area contributed by atoms with E-state index in [1.807, 2.05) is 29.1 Å². The van der Waals surface area contributed by atoms with Crippen LogP contribution in [0.25, 0.3) is 0 Å². The summed E-state index contributed by atoms with van der Waals surface area (Å²) in [5.41, 5.74) is 9.13. The van der Waals surface area contributed by atoms with Crippen molar-refractivity contribution in [3.8, 4) is 0 Å². The quantitative estimate of drug-likeness (QED) is 0.929. The number of aryl methyl sites for hydroxylation is 1. The average Bonchev–Trinajstić information content (AvgIpc) is 3.23. The third kappa shape index (κ3) is 3.01. The van der Waals surface area contributed by atoms with Gasteiger partial charge in [-0.05, 0) is 32.3 Å². The van der Waals surface area contributed by atoms with E-state index < -0.39 is 0 Å². The van der Waals surface area contributed by atoms with Gasteiger partial charge in [0.25, 0.3) is 0 Å². The molecule has 2 N–H and O–H groups in total. The van der Waals surface area contributed by atoms with Gasteiger partial charge in [0.05, 0.1) is 0 Å². The predicted octanol–water partition coefficient (Wildman–Crippen LogP) is 2.46. The fourth-order valence-corrected chi connectivity index (χ4v) is 2.96. The molecule has 1 amide bonds. The molecule has 0 radical (unpaired) electrons. The number of hydrogen-bond donors (Lipinski definition) is 1. The normalized spacial score (nSPS) is 20.5. The first kappa shape index (κ1) is 14.7. The highest BCUT2D eigenvalue weighted by molar-refractivity contribution is 5.80. The van der Waals surface area contributed by atoms with E-state index in [0.717, 1.165) is 19.4 Å². The smallest absolute Gasteiger partial charge is 0.246 e. The Morgan fingerprint density at radius 3 is 2.50 bits per heavy atom. The van der Waals surface area contributed by atoms with Gasteiger partial charge in [-0.3, -0.25) is 4.79 Å². The van der Waals surface area contributed by atoms with Crippen LogP contribution in [0.1, 0.15) is 30.9 Å². The second kappa shape index (κ2) is 5.52. The molecule has 1 fully saturated rings. The van der Waals surface area contributed by atoms with Gasteiger partial charge in [0.1, 0.15) is 6.54 Å². The van der Waals surface area contributed by atoms with Crippen molar-refractivity contribution < 1.29 is 4.79 Å². The van der Waals surface area contributed by atoms with Crippen LogP contribution in [-0.4, -0.2) is 28.8 Å². The van der Waals surface area contributed by atoms with E-state index in [1.54, 1.807) is 6.20 Å². The monoisotopic (exact) mass is 297 g/mol. The van der Waals surface area contributed by atoms with Crippen molar-refractivity contribution in [2.75, 3.05) is 13.1 Å². The Morgan fingerprint density at radius 1 is 1.27 bits per heavy atom. The van der Waals surface area contributed by atoms with E-state index in [-0.39, 0.29) is 11.3 Å². The number of amides is 1. The minimum Gasteiger partial charge on any atom is -0.401 e. The third-order valence-electron chi connectivity index (χ3n) is 4.44. The number of nitrogens with two attached hydrogens (primary N) is 1. The SMILES string of the molecule is C/C(N)=C/N1C=CN(CC2(c3ccc(C)cc3)CC2)C(=O)C1. The summed E-state index contributed by atoms with van der Waals surface area (Å²) in [5.74, 6) is 0.124. The zero-order valence-electron chi connectivity index (χ0n) is 13.2. The lowest BCUT2D eigenvalue weighted by atomic mass is 9.94. The number of nitrogens with zero attached hydrogens (tertiary/aromatic N) is 2. The number of carbonyl (C=O) groups excluding carboxylic acids is 1. The fourth-order valence-electron chi connectivity index (χ4n) is 2.96. The molecular formula is C18H23N3O. The molecule has 0 spiro atoms. The molecule has 1 aromatic carbocycles. The molecule has 4 nitrogen and oxygen atoms in total. The molecule has 0 unspecified atom stereocenters. The Kier molecular flexibility index (Phi) is 3.69. The second-order valence-corrected chi connectivity index (χ2v) is 6.51. The first-order valence-electron chi connectivity index (χ1n) is 7.73. The largest absolute Gasteiger partial charge is 0.401 e. The van der Waals surface area contributed by atoms with Crippen molar-refractivity contribution in [3.63, 3.8) is 0 Å². The van der Waals surface area contributed by atoms with E-state index in [1.165, 1.54) is 11.1 Å². The Balaban J connectivity index is 1.72. The highest BCUT2D eigenvalue weighted by Crippen LogP contribution is 2.49. The van der Waals surface area contributed by atoms with Gasteiger partial charge in [-0.2, -0.15) is 0 Å². The standard InChI is InChI=1S/C18H23N3O/c1-14-3-5-16(6-4-14)18(7-8-18)13-21-10-9-20(11-15(2)19)12-17(21)22/h3-6,9-11H,7-8,12-13,19H2,1-2H3/b15-11-. The molecule has 1 aliphatic heterocycles.